The molecule has 1 aromatic rings. The predicted molar refractivity (Wildman–Crippen MR) is 65.5 cm³/mol. The Balaban J connectivity index is 0.00000361. The van der Waals surface area contributed by atoms with E-state index in [-0.39, 0.29) is 18.8 Å². The van der Waals surface area contributed by atoms with Crippen molar-refractivity contribution in [3.8, 4) is 0 Å². The van der Waals surface area contributed by atoms with E-state index in [1.807, 2.05) is 0 Å². The second-order valence-electron chi connectivity index (χ2n) is 4.19. The fraction of sp³-hybridized carbons (Fsp3) is 0.500. The molecule has 0 aliphatic carbocycles. The molecule has 8 heteroatoms. The number of nitrogens with two attached hydrogens (primary N) is 1. The zero-order valence-electron chi connectivity index (χ0n) is 10.5. The molecular formula is C12H14ClF6N. The van der Waals surface area contributed by atoms with Gasteiger partial charge in [-0.3, -0.25) is 0 Å². The first-order valence-electron chi connectivity index (χ1n) is 5.61. The van der Waals surface area contributed by atoms with Crippen LogP contribution in [0.4, 0.5) is 26.3 Å². The molecule has 0 radical (unpaired) electrons. The fourth-order valence-electron chi connectivity index (χ4n) is 1.77. The topological polar surface area (TPSA) is 26.0 Å². The van der Waals surface area contributed by atoms with Crippen LogP contribution >= 0.6 is 12.4 Å². The van der Waals surface area contributed by atoms with Crippen LogP contribution in [-0.2, 0) is 12.4 Å². The van der Waals surface area contributed by atoms with E-state index in [2.05, 4.69) is 0 Å². The highest BCUT2D eigenvalue weighted by atomic mass is 35.5. The molecular weight excluding hydrogens is 308 g/mol. The van der Waals surface area contributed by atoms with Crippen LogP contribution in [0.3, 0.4) is 0 Å². The van der Waals surface area contributed by atoms with Gasteiger partial charge in [0.1, 0.15) is 0 Å². The van der Waals surface area contributed by atoms with Gasteiger partial charge >= 0.3 is 12.4 Å². The summed E-state index contributed by atoms with van der Waals surface area (Å²) in [6, 6.07) is 0.283. The molecule has 2 N–H and O–H groups in total. The van der Waals surface area contributed by atoms with Gasteiger partial charge in [-0.15, -0.1) is 12.4 Å². The Kier molecular flexibility index (Phi) is 6.35. The number of halogens is 7. The summed E-state index contributed by atoms with van der Waals surface area (Å²) in [5.41, 5.74) is 2.80. The van der Waals surface area contributed by atoms with Crippen LogP contribution < -0.4 is 5.73 Å². The molecule has 0 saturated carbocycles. The lowest BCUT2D eigenvalue weighted by Crippen LogP contribution is -2.19. The van der Waals surface area contributed by atoms with Gasteiger partial charge in [0.05, 0.1) is 11.1 Å². The maximum atomic E-state index is 12.7. The summed E-state index contributed by atoms with van der Waals surface area (Å²) in [4.78, 5) is 0. The second kappa shape index (κ2) is 6.67. The average Bonchev–Trinajstić information content (AvgIpc) is 2.26. The van der Waals surface area contributed by atoms with Crippen LogP contribution in [-0.4, -0.2) is 0 Å². The molecule has 1 nitrogen and oxygen atoms in total. The number of alkyl halides is 6. The van der Waals surface area contributed by atoms with Crippen molar-refractivity contribution in [2.75, 3.05) is 0 Å². The first-order chi connectivity index (χ1) is 8.57. The fourth-order valence-corrected chi connectivity index (χ4v) is 1.77. The van der Waals surface area contributed by atoms with Crippen molar-refractivity contribution in [3.63, 3.8) is 0 Å². The average molecular weight is 322 g/mol. The molecule has 1 aromatic carbocycles. The van der Waals surface area contributed by atoms with E-state index in [1.165, 1.54) is 0 Å². The first kappa shape index (κ1) is 19.1. The summed E-state index contributed by atoms with van der Waals surface area (Å²) in [5, 5.41) is 0. The summed E-state index contributed by atoms with van der Waals surface area (Å²) < 4.78 is 75.8. The molecule has 0 saturated heterocycles. The van der Waals surface area contributed by atoms with E-state index in [9.17, 15) is 26.3 Å². The molecule has 0 fully saturated rings. The lowest BCUT2D eigenvalue weighted by molar-refractivity contribution is -0.142. The number of benzene rings is 1. The molecule has 0 amide bonds. The second-order valence-corrected chi connectivity index (χ2v) is 4.19. The number of hydrogen-bond acceptors (Lipinski definition) is 1. The van der Waals surface area contributed by atoms with Crippen molar-refractivity contribution >= 4 is 12.4 Å². The van der Waals surface area contributed by atoms with Crippen LogP contribution in [0.15, 0.2) is 18.2 Å². The molecule has 0 aliphatic heterocycles. The Bertz CT molecular complexity index is 441. The molecule has 0 heterocycles. The van der Waals surface area contributed by atoms with Crippen molar-refractivity contribution in [1.82, 2.24) is 0 Å². The highest BCUT2D eigenvalue weighted by Crippen LogP contribution is 2.38. The van der Waals surface area contributed by atoms with Crippen molar-refractivity contribution in [1.29, 1.82) is 0 Å². The Morgan fingerprint density at radius 2 is 1.60 bits per heavy atom. The van der Waals surface area contributed by atoms with E-state index in [4.69, 9.17) is 5.73 Å². The van der Waals surface area contributed by atoms with Crippen LogP contribution in [0, 0.1) is 0 Å². The largest absolute Gasteiger partial charge is 0.416 e. The molecule has 20 heavy (non-hydrogen) atoms. The van der Waals surface area contributed by atoms with E-state index in [1.54, 1.807) is 6.92 Å². The van der Waals surface area contributed by atoms with Crippen LogP contribution in [0.5, 0.6) is 0 Å². The summed E-state index contributed by atoms with van der Waals surface area (Å²) >= 11 is 0. The Morgan fingerprint density at radius 3 is 2.00 bits per heavy atom. The van der Waals surface area contributed by atoms with Gasteiger partial charge < -0.3 is 5.73 Å². The third-order valence-corrected chi connectivity index (χ3v) is 2.68. The maximum Gasteiger partial charge on any atom is 0.416 e. The van der Waals surface area contributed by atoms with Crippen LogP contribution in [0.25, 0.3) is 0 Å². The molecule has 0 bridgehead atoms. The predicted octanol–water partition coefficient (Wildman–Crippen LogP) is 4.95. The minimum atomic E-state index is -4.72. The van der Waals surface area contributed by atoms with Crippen molar-refractivity contribution in [2.24, 2.45) is 5.73 Å². The van der Waals surface area contributed by atoms with Gasteiger partial charge in [0.15, 0.2) is 0 Å². The van der Waals surface area contributed by atoms with Gasteiger partial charge in [-0.1, -0.05) is 13.3 Å². The normalized spacial score (nSPS) is 13.8. The third-order valence-electron chi connectivity index (χ3n) is 2.68. The summed E-state index contributed by atoms with van der Waals surface area (Å²) in [7, 11) is 0. The third kappa shape index (κ3) is 4.56. The number of rotatable bonds is 3. The summed E-state index contributed by atoms with van der Waals surface area (Å²) in [5.74, 6) is 0. The van der Waals surface area contributed by atoms with E-state index >= 15 is 0 Å². The minimum absolute atomic E-state index is 0. The van der Waals surface area contributed by atoms with Gasteiger partial charge in [-0.05, 0) is 30.2 Å². The Morgan fingerprint density at radius 1 is 1.05 bits per heavy atom. The summed E-state index contributed by atoms with van der Waals surface area (Å²) in [6.07, 6.45) is -8.74. The van der Waals surface area contributed by atoms with Crippen LogP contribution in [0.1, 0.15) is 42.5 Å². The molecule has 0 spiro atoms. The van der Waals surface area contributed by atoms with Gasteiger partial charge in [0.25, 0.3) is 0 Å². The SMILES string of the molecule is CCC[C@H](N)c1cc(C(F)(F)F)ccc1C(F)(F)F.Cl. The molecule has 1 atom stereocenters. The van der Waals surface area contributed by atoms with Crippen molar-refractivity contribution in [2.45, 2.75) is 38.2 Å². The molecule has 1 rings (SSSR count). The minimum Gasteiger partial charge on any atom is -0.324 e. The Labute approximate surface area is 118 Å². The molecule has 116 valence electrons. The zero-order chi connectivity index (χ0) is 14.8. The maximum absolute atomic E-state index is 12.7. The van der Waals surface area contributed by atoms with Crippen molar-refractivity contribution < 1.29 is 26.3 Å². The smallest absolute Gasteiger partial charge is 0.324 e. The van der Waals surface area contributed by atoms with E-state index in [0.29, 0.717) is 24.6 Å². The molecule has 0 unspecified atom stereocenters. The highest BCUT2D eigenvalue weighted by molar-refractivity contribution is 5.85. The highest BCUT2D eigenvalue weighted by Gasteiger charge is 2.37. The first-order valence-corrected chi connectivity index (χ1v) is 5.61. The van der Waals surface area contributed by atoms with Crippen LogP contribution in [0.2, 0.25) is 0 Å². The lowest BCUT2D eigenvalue weighted by atomic mass is 9.95. The van der Waals surface area contributed by atoms with E-state index in [0.717, 1.165) is 0 Å². The lowest BCUT2D eigenvalue weighted by Gasteiger charge is -2.20. The van der Waals surface area contributed by atoms with Gasteiger partial charge in [0.2, 0.25) is 0 Å². The Hall–Kier alpha value is -0.950. The molecule has 0 aromatic heterocycles. The quantitative estimate of drug-likeness (QED) is 0.784. The van der Waals surface area contributed by atoms with E-state index < -0.39 is 35.1 Å². The zero-order valence-corrected chi connectivity index (χ0v) is 11.3. The number of hydrogen-bond donors (Lipinski definition) is 1. The van der Waals surface area contributed by atoms with Gasteiger partial charge in [-0.2, -0.15) is 26.3 Å². The monoisotopic (exact) mass is 321 g/mol. The molecule has 0 aliphatic rings. The summed E-state index contributed by atoms with van der Waals surface area (Å²) in [6.45, 7) is 1.70. The van der Waals surface area contributed by atoms with Gasteiger partial charge in [-0.25, -0.2) is 0 Å². The van der Waals surface area contributed by atoms with Gasteiger partial charge in [0, 0.05) is 6.04 Å². The standard InChI is InChI=1S/C12H13F6N.ClH/c1-2-3-10(19)8-6-7(11(13,14)15)4-5-9(8)12(16,17)18;/h4-6,10H,2-3,19H2,1H3;1H/t10-;/m0./s1. The van der Waals surface area contributed by atoms with Crippen molar-refractivity contribution in [3.05, 3.63) is 34.9 Å².